The van der Waals surface area contributed by atoms with Gasteiger partial charge in [-0.05, 0) is 90.8 Å². The molecular weight excluding hydrogens is 757 g/mol. The van der Waals surface area contributed by atoms with Crippen molar-refractivity contribution in [3.8, 4) is 11.1 Å². The fourth-order valence-corrected chi connectivity index (χ4v) is 7.81. The first-order chi connectivity index (χ1) is 29.2. The summed E-state index contributed by atoms with van der Waals surface area (Å²) >= 11 is 0. The molecule has 13 heteroatoms. The molecule has 0 unspecified atom stereocenters. The Bertz CT molecular complexity index is 2260. The number of rotatable bonds is 15. The maximum atomic E-state index is 13.5. The summed E-state index contributed by atoms with van der Waals surface area (Å²) in [5.74, 6) is -0.128. The first-order valence-electron chi connectivity index (χ1n) is 21.4. The minimum absolute atomic E-state index is 0.217. The lowest BCUT2D eigenvalue weighted by Gasteiger charge is -2.34. The van der Waals surface area contributed by atoms with Crippen molar-refractivity contribution in [1.29, 1.82) is 0 Å². The zero-order valence-electron chi connectivity index (χ0n) is 35.3. The van der Waals surface area contributed by atoms with Crippen LogP contribution in [0.3, 0.4) is 0 Å². The number of nitrogens with zero attached hydrogens (tertiary/aromatic N) is 5. The zero-order valence-corrected chi connectivity index (χ0v) is 35.3. The van der Waals surface area contributed by atoms with Crippen molar-refractivity contribution in [2.75, 3.05) is 51.3 Å². The van der Waals surface area contributed by atoms with Crippen LogP contribution in [0.25, 0.3) is 22.2 Å². The van der Waals surface area contributed by atoms with Crippen molar-refractivity contribution >= 4 is 34.6 Å². The Balaban J connectivity index is 0.931. The third kappa shape index (κ3) is 10.5. The Morgan fingerprint density at radius 1 is 0.833 bits per heavy atom. The van der Waals surface area contributed by atoms with Gasteiger partial charge in [-0.25, -0.2) is 14.5 Å². The second-order valence-electron chi connectivity index (χ2n) is 16.1. The summed E-state index contributed by atoms with van der Waals surface area (Å²) in [6.45, 7) is 15.1. The van der Waals surface area contributed by atoms with E-state index >= 15 is 0 Å². The van der Waals surface area contributed by atoms with E-state index in [1.165, 1.54) is 5.56 Å². The van der Waals surface area contributed by atoms with Gasteiger partial charge in [0.05, 0.1) is 23.9 Å². The smallest absolute Gasteiger partial charge is 0.409 e. The summed E-state index contributed by atoms with van der Waals surface area (Å²) in [5.41, 5.74) is 8.99. The molecule has 0 spiro atoms. The number of carbonyl (C=O) groups is 3. The molecule has 3 amide bonds. The first-order valence-corrected chi connectivity index (χ1v) is 21.4. The molecule has 60 heavy (non-hydrogen) atoms. The van der Waals surface area contributed by atoms with Crippen molar-refractivity contribution in [3.63, 3.8) is 0 Å². The van der Waals surface area contributed by atoms with E-state index in [9.17, 15) is 14.4 Å². The molecule has 316 valence electrons. The van der Waals surface area contributed by atoms with Gasteiger partial charge < -0.3 is 30.3 Å². The van der Waals surface area contributed by atoms with Gasteiger partial charge in [-0.2, -0.15) is 5.10 Å². The van der Waals surface area contributed by atoms with Crippen molar-refractivity contribution < 1.29 is 23.9 Å². The average molecular weight is 815 g/mol. The molecule has 3 aromatic carbocycles. The molecule has 3 N–H and O–H groups in total. The minimum Gasteiger partial charge on any atom is -0.449 e. The number of fused-ring (bicyclic) bond motifs is 1. The lowest BCUT2D eigenvalue weighted by Crippen LogP contribution is -2.48. The van der Waals surface area contributed by atoms with Crippen LogP contribution < -0.4 is 16.0 Å². The van der Waals surface area contributed by atoms with Gasteiger partial charge in [-0.3, -0.25) is 14.5 Å². The van der Waals surface area contributed by atoms with Gasteiger partial charge in [0.25, 0.3) is 11.8 Å². The third-order valence-electron chi connectivity index (χ3n) is 11.2. The summed E-state index contributed by atoms with van der Waals surface area (Å²) < 4.78 is 12.9. The normalized spacial score (nSPS) is 15.0. The first kappa shape index (κ1) is 42.3. The van der Waals surface area contributed by atoms with Gasteiger partial charge in [0, 0.05) is 94.0 Å². The highest BCUT2D eigenvalue weighted by molar-refractivity contribution is 5.98. The molecule has 2 fully saturated rings. The number of benzene rings is 3. The van der Waals surface area contributed by atoms with E-state index in [4.69, 9.17) is 14.5 Å². The van der Waals surface area contributed by atoms with Crippen LogP contribution in [0.2, 0.25) is 0 Å². The number of hydrogen-bond acceptors (Lipinski definition) is 9. The van der Waals surface area contributed by atoms with Crippen LogP contribution in [-0.4, -0.2) is 94.5 Å². The van der Waals surface area contributed by atoms with Crippen molar-refractivity contribution in [3.05, 3.63) is 113 Å². The molecule has 0 aliphatic carbocycles. The van der Waals surface area contributed by atoms with E-state index in [0.717, 1.165) is 77.1 Å². The Labute approximate surface area is 352 Å². The second kappa shape index (κ2) is 20.0. The lowest BCUT2D eigenvalue weighted by molar-refractivity contribution is 0.0675. The van der Waals surface area contributed by atoms with Crippen LogP contribution in [0.15, 0.2) is 79.0 Å². The van der Waals surface area contributed by atoms with Crippen LogP contribution in [-0.2, 0) is 42.1 Å². The zero-order chi connectivity index (χ0) is 42.0. The topological polar surface area (TPSA) is 143 Å². The number of pyridine rings is 1. The number of aryl methyl sites for hydroxylation is 2. The molecular formula is C47H58N8O5. The summed E-state index contributed by atoms with van der Waals surface area (Å²) in [6, 6.07) is 23.7. The highest BCUT2D eigenvalue weighted by Crippen LogP contribution is 2.31. The van der Waals surface area contributed by atoms with Crippen LogP contribution in [0.4, 0.5) is 10.5 Å². The van der Waals surface area contributed by atoms with Gasteiger partial charge >= 0.3 is 6.09 Å². The van der Waals surface area contributed by atoms with Crippen LogP contribution in [0.1, 0.15) is 83.6 Å². The van der Waals surface area contributed by atoms with Crippen molar-refractivity contribution in [2.24, 2.45) is 5.92 Å². The summed E-state index contributed by atoms with van der Waals surface area (Å²) in [7, 11) is 0. The number of ether oxygens (including phenoxy) is 2. The number of nitrogens with one attached hydrogen (secondary N) is 3. The molecule has 2 aliphatic heterocycles. The number of hydrogen-bond donors (Lipinski definition) is 3. The molecule has 0 bridgehead atoms. The van der Waals surface area contributed by atoms with Gasteiger partial charge in [-0.15, -0.1) is 0 Å². The van der Waals surface area contributed by atoms with Crippen molar-refractivity contribution in [2.45, 2.75) is 79.2 Å². The second-order valence-corrected chi connectivity index (χ2v) is 16.1. The van der Waals surface area contributed by atoms with E-state index in [-0.39, 0.29) is 23.9 Å². The molecule has 0 radical (unpaired) electrons. The number of carbonyl (C=O) groups excluding carboxylic acids is 3. The Morgan fingerprint density at radius 3 is 2.10 bits per heavy atom. The Morgan fingerprint density at radius 2 is 1.47 bits per heavy atom. The number of anilines is 1. The molecule has 0 atom stereocenters. The minimum atomic E-state index is -0.229. The van der Waals surface area contributed by atoms with Crippen LogP contribution >= 0.6 is 0 Å². The molecule has 2 saturated heterocycles. The predicted molar refractivity (Wildman–Crippen MR) is 234 cm³/mol. The van der Waals surface area contributed by atoms with Gasteiger partial charge in [0.1, 0.15) is 0 Å². The summed E-state index contributed by atoms with van der Waals surface area (Å²) in [5, 5.41) is 15.4. The highest BCUT2D eigenvalue weighted by atomic mass is 16.6. The molecule has 4 heterocycles. The summed E-state index contributed by atoms with van der Waals surface area (Å²) in [4.78, 5) is 48.2. The quantitative estimate of drug-likeness (QED) is 0.101. The Hall–Kier alpha value is -5.79. The fraction of sp³-hybridized carbons (Fsp3) is 0.426. The maximum absolute atomic E-state index is 13.5. The van der Waals surface area contributed by atoms with Crippen LogP contribution in [0.5, 0.6) is 0 Å². The largest absolute Gasteiger partial charge is 0.449 e. The van der Waals surface area contributed by atoms with Crippen LogP contribution in [0, 0.1) is 5.92 Å². The maximum Gasteiger partial charge on any atom is 0.409 e. The molecule has 5 aromatic rings. The number of aromatic nitrogens is 3. The predicted octanol–water partition coefficient (Wildman–Crippen LogP) is 7.04. The summed E-state index contributed by atoms with van der Waals surface area (Å²) in [6.07, 6.45) is 4.15. The van der Waals surface area contributed by atoms with Gasteiger partial charge in [0.2, 0.25) is 0 Å². The third-order valence-corrected chi connectivity index (χ3v) is 11.2. The molecule has 7 rings (SSSR count). The van der Waals surface area contributed by atoms with Gasteiger partial charge in [0.15, 0.2) is 5.65 Å². The highest BCUT2D eigenvalue weighted by Gasteiger charge is 2.24. The molecule has 0 saturated carbocycles. The standard InChI is InChI=1S/C47H58N8O5/c1-5-42-40(43(51-39-17-23-59-24-18-39)41-29-50-55(6-2)44(41)52-42)28-49-46(57)36-15-13-35(14-16-36)45(56)48-27-33-9-7-11-37(25-33)38-12-8-10-34(26-38)30-53-19-21-54(22-20-53)47(58)60-31-32(3)4/h7-16,25-26,29,32,39H,5-6,17-24,27-28,30-31H2,1-4H3,(H,48,56)(H,49,57)(H,51,52). The average Bonchev–Trinajstić information content (AvgIpc) is 3.70. The van der Waals surface area contributed by atoms with E-state index in [1.54, 1.807) is 29.2 Å². The monoisotopic (exact) mass is 814 g/mol. The van der Waals surface area contributed by atoms with Gasteiger partial charge in [-0.1, -0.05) is 57.2 Å². The van der Waals surface area contributed by atoms with E-state index in [0.29, 0.717) is 76.0 Å². The van der Waals surface area contributed by atoms with E-state index < -0.39 is 0 Å². The van der Waals surface area contributed by atoms with E-state index in [2.05, 4.69) is 76.2 Å². The number of amides is 3. The molecule has 2 aromatic heterocycles. The van der Waals surface area contributed by atoms with E-state index in [1.807, 2.05) is 36.9 Å². The Kier molecular flexibility index (Phi) is 14.1. The van der Waals surface area contributed by atoms with Crippen molar-refractivity contribution in [1.82, 2.24) is 35.2 Å². The lowest BCUT2D eigenvalue weighted by atomic mass is 10.0. The molecule has 13 nitrogen and oxygen atoms in total. The fourth-order valence-electron chi connectivity index (χ4n) is 7.81. The SMILES string of the molecule is CCc1nc2c(cnn2CC)c(NC2CCOCC2)c1CNC(=O)c1ccc(C(=O)NCc2cccc(-c3cccc(CN4CCN(C(=O)OCC(C)C)CC4)c3)c2)cc1. The number of piperazine rings is 1. The molecule has 2 aliphatic rings.